The third-order valence-corrected chi connectivity index (χ3v) is 10.6. The van der Waals surface area contributed by atoms with Crippen molar-refractivity contribution in [1.29, 1.82) is 5.26 Å². The van der Waals surface area contributed by atoms with E-state index in [1.807, 2.05) is 12.1 Å². The summed E-state index contributed by atoms with van der Waals surface area (Å²) < 4.78 is 8.89. The average Bonchev–Trinajstić information content (AvgIpc) is 3.66. The topological polar surface area (TPSA) is 41.9 Å². The summed E-state index contributed by atoms with van der Waals surface area (Å²) in [6.45, 7) is 2.25. The summed E-state index contributed by atoms with van der Waals surface area (Å²) in [5.74, 6) is 0.357. The Balaban J connectivity index is 1.18. The number of rotatable bonds is 3. The molecule has 1 atom stereocenters. The third kappa shape index (κ3) is 4.22. The van der Waals surface area contributed by atoms with Gasteiger partial charge in [-0.2, -0.15) is 5.26 Å². The van der Waals surface area contributed by atoms with Crippen molar-refractivity contribution in [2.24, 2.45) is 5.92 Å². The van der Waals surface area contributed by atoms with E-state index in [0.29, 0.717) is 5.92 Å². The van der Waals surface area contributed by atoms with Crippen LogP contribution in [0.2, 0.25) is 0 Å². The predicted octanol–water partition coefficient (Wildman–Crippen LogP) is 12.8. The molecule has 0 N–H and O–H groups in total. The van der Waals surface area contributed by atoms with Crippen molar-refractivity contribution in [3.63, 3.8) is 0 Å². The number of fused-ring (bicyclic) bond motifs is 10. The first-order valence-corrected chi connectivity index (χ1v) is 17.4. The molecular formula is C47H32N2O. The van der Waals surface area contributed by atoms with E-state index in [0.717, 1.165) is 89.9 Å². The fraction of sp³-hybridized carbons (Fsp3) is 0.0851. The lowest BCUT2D eigenvalue weighted by molar-refractivity contribution is 0.598. The highest BCUT2D eigenvalue weighted by atomic mass is 16.3. The van der Waals surface area contributed by atoms with E-state index < -0.39 is 0 Å². The number of furan rings is 1. The zero-order chi connectivity index (χ0) is 33.3. The molecule has 10 rings (SSSR count). The molecule has 0 aliphatic heterocycles. The van der Waals surface area contributed by atoms with Crippen LogP contribution >= 0.6 is 0 Å². The van der Waals surface area contributed by atoms with Crippen LogP contribution in [-0.2, 0) is 0 Å². The molecule has 7 aromatic carbocycles. The van der Waals surface area contributed by atoms with Crippen LogP contribution in [0.1, 0.15) is 30.9 Å². The van der Waals surface area contributed by atoms with E-state index in [1.165, 1.54) is 21.8 Å². The Morgan fingerprint density at radius 3 is 2.02 bits per heavy atom. The minimum absolute atomic E-state index is 0.357. The van der Waals surface area contributed by atoms with Gasteiger partial charge in [-0.3, -0.25) is 0 Å². The third-order valence-electron chi connectivity index (χ3n) is 10.6. The van der Waals surface area contributed by atoms with Gasteiger partial charge in [-0.25, -0.2) is 0 Å². The fourth-order valence-electron chi connectivity index (χ4n) is 8.37. The molecule has 2 aromatic heterocycles. The van der Waals surface area contributed by atoms with Crippen molar-refractivity contribution in [2.45, 2.75) is 19.8 Å². The molecule has 2 heterocycles. The maximum atomic E-state index is 10.7. The molecule has 0 radical (unpaired) electrons. The predicted molar refractivity (Wildman–Crippen MR) is 208 cm³/mol. The Bertz CT molecular complexity index is 2890. The number of nitrogens with zero attached hydrogens (tertiary/aromatic N) is 2. The highest BCUT2D eigenvalue weighted by Crippen LogP contribution is 2.45. The maximum absolute atomic E-state index is 10.7. The minimum Gasteiger partial charge on any atom is -0.455 e. The molecule has 0 saturated carbocycles. The van der Waals surface area contributed by atoms with Crippen molar-refractivity contribution >= 4 is 76.4 Å². The molecule has 1 aliphatic carbocycles. The van der Waals surface area contributed by atoms with Crippen LogP contribution in [0, 0.1) is 17.2 Å². The highest BCUT2D eigenvalue weighted by molar-refractivity contribution is 6.26. The second-order valence-electron chi connectivity index (χ2n) is 13.7. The van der Waals surface area contributed by atoms with Crippen LogP contribution < -0.4 is 0 Å². The molecule has 236 valence electrons. The van der Waals surface area contributed by atoms with E-state index in [4.69, 9.17) is 4.42 Å². The first-order chi connectivity index (χ1) is 24.7. The van der Waals surface area contributed by atoms with E-state index >= 15 is 0 Å². The molecular weight excluding hydrogens is 609 g/mol. The molecule has 0 amide bonds. The summed E-state index contributed by atoms with van der Waals surface area (Å²) in [5, 5.41) is 20.0. The normalized spacial score (nSPS) is 15.4. The van der Waals surface area contributed by atoms with Crippen LogP contribution in [0.15, 0.2) is 156 Å². The van der Waals surface area contributed by atoms with E-state index in [2.05, 4.69) is 151 Å². The molecule has 1 aliphatic rings. The maximum Gasteiger partial charge on any atom is 0.143 e. The van der Waals surface area contributed by atoms with E-state index in [1.54, 1.807) is 0 Å². The van der Waals surface area contributed by atoms with E-state index in [9.17, 15) is 5.26 Å². The summed E-state index contributed by atoms with van der Waals surface area (Å²) in [6.07, 6.45) is 4.02. The van der Waals surface area contributed by atoms with Crippen LogP contribution in [0.25, 0.3) is 82.1 Å². The van der Waals surface area contributed by atoms with Crippen molar-refractivity contribution in [3.05, 3.63) is 162 Å². The zero-order valence-corrected chi connectivity index (χ0v) is 27.7. The SMILES string of the molecule is CC1CC=C(c2cc3ccc4c5ccccc5oc4c3c3ccccc23)C(c2ccc(-n3c4ccccc4c4ccccc43)cc2)=C(C#N)C1. The number of nitriles is 1. The van der Waals surface area contributed by atoms with Crippen molar-refractivity contribution < 1.29 is 4.42 Å². The molecule has 50 heavy (non-hydrogen) atoms. The van der Waals surface area contributed by atoms with Gasteiger partial charge in [0.05, 0.1) is 17.1 Å². The van der Waals surface area contributed by atoms with Gasteiger partial charge < -0.3 is 8.98 Å². The molecule has 9 aromatic rings. The summed E-state index contributed by atoms with van der Waals surface area (Å²) in [6, 6.07) is 52.3. The molecule has 0 bridgehead atoms. The van der Waals surface area contributed by atoms with Crippen molar-refractivity contribution in [2.75, 3.05) is 0 Å². The number of hydrogen-bond acceptors (Lipinski definition) is 2. The van der Waals surface area contributed by atoms with Gasteiger partial charge in [0.1, 0.15) is 11.2 Å². The van der Waals surface area contributed by atoms with Crippen LogP contribution in [0.5, 0.6) is 0 Å². The lowest BCUT2D eigenvalue weighted by atomic mass is 9.85. The monoisotopic (exact) mass is 640 g/mol. The smallest absolute Gasteiger partial charge is 0.143 e. The summed E-state index contributed by atoms with van der Waals surface area (Å²) in [4.78, 5) is 0. The minimum atomic E-state index is 0.357. The fourth-order valence-corrected chi connectivity index (χ4v) is 8.37. The lowest BCUT2D eigenvalue weighted by Crippen LogP contribution is -1.99. The van der Waals surface area contributed by atoms with Gasteiger partial charge in [0, 0.05) is 43.8 Å². The number of para-hydroxylation sites is 3. The average molecular weight is 641 g/mol. The lowest BCUT2D eigenvalue weighted by Gasteiger charge is -2.19. The standard InChI is InChI=1S/C47H32N2O/c1-29-18-24-39(41-27-31-21-25-40-37-13-6-9-17-44(37)50-47(40)46(31)38-14-3-2-10-34(38)41)45(32(26-29)28-48)30-19-22-33(23-20-30)49-42-15-7-4-11-35(42)36-12-5-8-16-43(36)49/h2-17,19-25,27,29H,18,26H2,1H3. The van der Waals surface area contributed by atoms with Gasteiger partial charge in [-0.15, -0.1) is 0 Å². The van der Waals surface area contributed by atoms with Gasteiger partial charge in [0.15, 0.2) is 0 Å². The van der Waals surface area contributed by atoms with Crippen LogP contribution in [0.3, 0.4) is 0 Å². The summed E-state index contributed by atoms with van der Waals surface area (Å²) >= 11 is 0. The number of hydrogen-bond donors (Lipinski definition) is 0. The summed E-state index contributed by atoms with van der Waals surface area (Å²) in [5.41, 5.74) is 10.5. The Morgan fingerprint density at radius 2 is 1.30 bits per heavy atom. The van der Waals surface area contributed by atoms with Gasteiger partial charge in [0.2, 0.25) is 0 Å². The number of benzene rings is 7. The molecule has 0 spiro atoms. The van der Waals surface area contributed by atoms with E-state index in [-0.39, 0.29) is 0 Å². The van der Waals surface area contributed by atoms with Crippen LogP contribution in [-0.4, -0.2) is 4.57 Å². The first-order valence-electron chi connectivity index (χ1n) is 17.4. The highest BCUT2D eigenvalue weighted by Gasteiger charge is 2.24. The quantitative estimate of drug-likeness (QED) is 0.180. The molecule has 0 saturated heterocycles. The molecule has 3 nitrogen and oxygen atoms in total. The second kappa shape index (κ2) is 11.1. The Morgan fingerprint density at radius 1 is 0.660 bits per heavy atom. The van der Waals surface area contributed by atoms with Crippen molar-refractivity contribution in [3.8, 4) is 11.8 Å². The van der Waals surface area contributed by atoms with Gasteiger partial charge in [-0.05, 0) is 94.1 Å². The van der Waals surface area contributed by atoms with Gasteiger partial charge in [-0.1, -0.05) is 110 Å². The molecule has 1 unspecified atom stereocenters. The Hall–Kier alpha value is -6.37. The molecule has 3 heteroatoms. The van der Waals surface area contributed by atoms with Crippen molar-refractivity contribution in [1.82, 2.24) is 4.57 Å². The zero-order valence-electron chi connectivity index (χ0n) is 27.7. The number of aromatic nitrogens is 1. The van der Waals surface area contributed by atoms with Crippen LogP contribution in [0.4, 0.5) is 0 Å². The Kier molecular flexibility index (Phi) is 6.35. The largest absolute Gasteiger partial charge is 0.455 e. The first kappa shape index (κ1) is 28.6. The molecule has 0 fully saturated rings. The van der Waals surface area contributed by atoms with Gasteiger partial charge in [0.25, 0.3) is 0 Å². The summed E-state index contributed by atoms with van der Waals surface area (Å²) in [7, 11) is 0. The second-order valence-corrected chi connectivity index (χ2v) is 13.7. The van der Waals surface area contributed by atoms with Gasteiger partial charge >= 0.3 is 0 Å². The Labute approximate surface area is 289 Å². The number of allylic oxidation sites excluding steroid dienone is 4.